The molecule has 3 rings (SSSR count). The van der Waals surface area contributed by atoms with Crippen molar-refractivity contribution in [3.8, 4) is 0 Å². The SMILES string of the molecule is Cc1ccc([N+](=O)[O-])cc1NC(=O)C(c1ccccc1)c1ccccc1. The van der Waals surface area contributed by atoms with Crippen LogP contribution in [0.5, 0.6) is 0 Å². The molecule has 26 heavy (non-hydrogen) atoms. The quantitative estimate of drug-likeness (QED) is 0.539. The third-order valence-electron chi connectivity index (χ3n) is 4.22. The standard InChI is InChI=1S/C21H18N2O3/c1-15-12-13-18(23(25)26)14-19(15)22-21(24)20(16-8-4-2-5-9-16)17-10-6-3-7-11-17/h2-14,20H,1H3,(H,22,24). The number of hydrogen-bond donors (Lipinski definition) is 1. The number of carbonyl (C=O) groups is 1. The van der Waals surface area contributed by atoms with Crippen molar-refractivity contribution in [3.05, 3.63) is 106 Å². The van der Waals surface area contributed by atoms with Gasteiger partial charge in [0.25, 0.3) is 5.69 Å². The molecule has 0 saturated heterocycles. The fourth-order valence-corrected chi connectivity index (χ4v) is 2.85. The Balaban J connectivity index is 1.97. The van der Waals surface area contributed by atoms with E-state index >= 15 is 0 Å². The molecular formula is C21H18N2O3. The predicted octanol–water partition coefficient (Wildman–Crippen LogP) is 4.67. The third kappa shape index (κ3) is 3.78. The summed E-state index contributed by atoms with van der Waals surface area (Å²) in [5.41, 5.74) is 2.88. The molecule has 5 heteroatoms. The Labute approximate surface area is 151 Å². The van der Waals surface area contributed by atoms with Crippen molar-refractivity contribution in [2.24, 2.45) is 0 Å². The van der Waals surface area contributed by atoms with E-state index in [4.69, 9.17) is 0 Å². The Hall–Kier alpha value is -3.47. The maximum absolute atomic E-state index is 13.1. The number of non-ortho nitro benzene ring substituents is 1. The van der Waals surface area contributed by atoms with Crippen molar-refractivity contribution >= 4 is 17.3 Å². The van der Waals surface area contributed by atoms with E-state index < -0.39 is 10.8 Å². The number of amides is 1. The fraction of sp³-hybridized carbons (Fsp3) is 0.0952. The summed E-state index contributed by atoms with van der Waals surface area (Å²) in [6, 6.07) is 23.4. The number of hydrogen-bond acceptors (Lipinski definition) is 3. The normalized spacial score (nSPS) is 10.5. The summed E-state index contributed by atoms with van der Waals surface area (Å²) >= 11 is 0. The second kappa shape index (κ2) is 7.61. The molecule has 0 fully saturated rings. The molecular weight excluding hydrogens is 328 g/mol. The number of rotatable bonds is 5. The molecule has 0 bridgehead atoms. The van der Waals surface area contributed by atoms with E-state index in [2.05, 4.69) is 5.32 Å². The van der Waals surface area contributed by atoms with Gasteiger partial charge in [0.15, 0.2) is 0 Å². The van der Waals surface area contributed by atoms with E-state index in [-0.39, 0.29) is 11.6 Å². The number of nitrogens with zero attached hydrogens (tertiary/aromatic N) is 1. The van der Waals surface area contributed by atoms with Gasteiger partial charge in [-0.1, -0.05) is 66.7 Å². The maximum Gasteiger partial charge on any atom is 0.271 e. The molecule has 0 unspecified atom stereocenters. The number of nitro groups is 1. The molecule has 0 aliphatic rings. The summed E-state index contributed by atoms with van der Waals surface area (Å²) < 4.78 is 0. The molecule has 0 heterocycles. The van der Waals surface area contributed by atoms with Crippen molar-refractivity contribution < 1.29 is 9.72 Å². The van der Waals surface area contributed by atoms with Crippen LogP contribution in [-0.2, 0) is 4.79 Å². The highest BCUT2D eigenvalue weighted by Crippen LogP contribution is 2.28. The van der Waals surface area contributed by atoms with E-state index in [1.54, 1.807) is 13.0 Å². The summed E-state index contributed by atoms with van der Waals surface area (Å²) in [6.45, 7) is 1.80. The Morgan fingerprint density at radius 2 is 1.46 bits per heavy atom. The van der Waals surface area contributed by atoms with Crippen molar-refractivity contribution in [1.82, 2.24) is 0 Å². The zero-order valence-corrected chi connectivity index (χ0v) is 14.3. The molecule has 0 aromatic heterocycles. The molecule has 5 nitrogen and oxygen atoms in total. The van der Waals surface area contributed by atoms with E-state index in [1.807, 2.05) is 60.7 Å². The van der Waals surface area contributed by atoms with Gasteiger partial charge in [-0.25, -0.2) is 0 Å². The van der Waals surface area contributed by atoms with Crippen LogP contribution >= 0.6 is 0 Å². The molecule has 3 aromatic carbocycles. The Kier molecular flexibility index (Phi) is 5.08. The minimum absolute atomic E-state index is 0.0538. The van der Waals surface area contributed by atoms with Gasteiger partial charge in [0.2, 0.25) is 5.91 Å². The van der Waals surface area contributed by atoms with E-state index in [1.165, 1.54) is 12.1 Å². The van der Waals surface area contributed by atoms with Crippen molar-refractivity contribution in [3.63, 3.8) is 0 Å². The van der Waals surface area contributed by atoms with Crippen molar-refractivity contribution in [2.75, 3.05) is 5.32 Å². The van der Waals surface area contributed by atoms with Gasteiger partial charge in [-0.15, -0.1) is 0 Å². The van der Waals surface area contributed by atoms with Crippen LogP contribution in [0.3, 0.4) is 0 Å². The molecule has 0 radical (unpaired) electrons. The first-order valence-corrected chi connectivity index (χ1v) is 8.22. The highest BCUT2D eigenvalue weighted by molar-refractivity contribution is 5.98. The average molecular weight is 346 g/mol. The summed E-state index contributed by atoms with van der Waals surface area (Å²) in [5, 5.41) is 13.9. The largest absolute Gasteiger partial charge is 0.325 e. The number of nitrogens with one attached hydrogen (secondary N) is 1. The predicted molar refractivity (Wildman–Crippen MR) is 101 cm³/mol. The number of anilines is 1. The fourth-order valence-electron chi connectivity index (χ4n) is 2.85. The van der Waals surface area contributed by atoms with Gasteiger partial charge in [0.05, 0.1) is 16.5 Å². The maximum atomic E-state index is 13.1. The monoisotopic (exact) mass is 346 g/mol. The van der Waals surface area contributed by atoms with E-state index in [0.717, 1.165) is 16.7 Å². The van der Waals surface area contributed by atoms with Crippen molar-refractivity contribution in [2.45, 2.75) is 12.8 Å². The summed E-state index contributed by atoms with van der Waals surface area (Å²) in [5.74, 6) is -0.734. The van der Waals surface area contributed by atoms with Gasteiger partial charge in [-0.2, -0.15) is 0 Å². The molecule has 1 N–H and O–H groups in total. The summed E-state index contributed by atoms with van der Waals surface area (Å²) in [4.78, 5) is 23.6. The van der Waals surface area contributed by atoms with Gasteiger partial charge in [-0.3, -0.25) is 14.9 Å². The molecule has 0 aliphatic heterocycles. The molecule has 0 saturated carbocycles. The lowest BCUT2D eigenvalue weighted by atomic mass is 9.90. The lowest BCUT2D eigenvalue weighted by molar-refractivity contribution is -0.384. The highest BCUT2D eigenvalue weighted by atomic mass is 16.6. The number of benzene rings is 3. The lowest BCUT2D eigenvalue weighted by Crippen LogP contribution is -2.22. The molecule has 0 spiro atoms. The van der Waals surface area contributed by atoms with Gasteiger partial charge in [0.1, 0.15) is 0 Å². The first-order valence-electron chi connectivity index (χ1n) is 8.22. The summed E-state index contributed by atoms with van der Waals surface area (Å²) in [7, 11) is 0. The Morgan fingerprint density at radius 1 is 0.923 bits per heavy atom. The van der Waals surface area contributed by atoms with Crippen LogP contribution in [0.25, 0.3) is 0 Å². The Morgan fingerprint density at radius 3 is 1.96 bits per heavy atom. The molecule has 1 amide bonds. The van der Waals surface area contributed by atoms with Gasteiger partial charge < -0.3 is 5.32 Å². The zero-order chi connectivity index (χ0) is 18.5. The topological polar surface area (TPSA) is 72.2 Å². The number of aryl methyl sites for hydroxylation is 1. The van der Waals surface area contributed by atoms with Crippen LogP contribution in [0, 0.1) is 17.0 Å². The van der Waals surface area contributed by atoms with Gasteiger partial charge >= 0.3 is 0 Å². The number of nitro benzene ring substituents is 1. The highest BCUT2D eigenvalue weighted by Gasteiger charge is 2.23. The van der Waals surface area contributed by atoms with Crippen LogP contribution in [0.1, 0.15) is 22.6 Å². The van der Waals surface area contributed by atoms with E-state index in [0.29, 0.717) is 5.69 Å². The Bertz CT molecular complexity index is 885. The zero-order valence-electron chi connectivity index (χ0n) is 14.3. The molecule has 130 valence electrons. The molecule has 0 atom stereocenters. The number of carbonyl (C=O) groups excluding carboxylic acids is 1. The van der Waals surface area contributed by atoms with Crippen LogP contribution in [0.4, 0.5) is 11.4 Å². The summed E-state index contributed by atoms with van der Waals surface area (Å²) in [6.07, 6.45) is 0. The van der Waals surface area contributed by atoms with Gasteiger partial charge in [0, 0.05) is 12.1 Å². The second-order valence-electron chi connectivity index (χ2n) is 6.00. The minimum Gasteiger partial charge on any atom is -0.325 e. The van der Waals surface area contributed by atoms with Crippen molar-refractivity contribution in [1.29, 1.82) is 0 Å². The van der Waals surface area contributed by atoms with Crippen LogP contribution in [-0.4, -0.2) is 10.8 Å². The lowest BCUT2D eigenvalue weighted by Gasteiger charge is -2.18. The van der Waals surface area contributed by atoms with E-state index in [9.17, 15) is 14.9 Å². The van der Waals surface area contributed by atoms with Crippen LogP contribution in [0.2, 0.25) is 0 Å². The smallest absolute Gasteiger partial charge is 0.271 e. The first-order chi connectivity index (χ1) is 12.6. The molecule has 3 aromatic rings. The third-order valence-corrected chi connectivity index (χ3v) is 4.22. The minimum atomic E-state index is -0.504. The molecule has 0 aliphatic carbocycles. The van der Waals surface area contributed by atoms with Gasteiger partial charge in [-0.05, 0) is 23.6 Å². The average Bonchev–Trinajstić information content (AvgIpc) is 2.65. The van der Waals surface area contributed by atoms with Crippen LogP contribution < -0.4 is 5.32 Å². The first kappa shape index (κ1) is 17.4. The van der Waals surface area contributed by atoms with Crippen LogP contribution in [0.15, 0.2) is 78.9 Å². The second-order valence-corrected chi connectivity index (χ2v) is 6.00.